The van der Waals surface area contributed by atoms with Crippen LogP contribution in [0.2, 0.25) is 0 Å². The van der Waals surface area contributed by atoms with E-state index in [9.17, 15) is 0 Å². The Hall–Kier alpha value is -0.440. The van der Waals surface area contributed by atoms with Crippen LogP contribution in [0.25, 0.3) is 0 Å². The summed E-state index contributed by atoms with van der Waals surface area (Å²) in [5.41, 5.74) is -0.0218. The first-order valence-corrected chi connectivity index (χ1v) is 9.42. The van der Waals surface area contributed by atoms with Gasteiger partial charge in [0, 0.05) is 23.3 Å². The number of aliphatic imine (C=N–C) groups is 1. The standard InChI is InChI=1S/C17H30N4OS.HI/c1-6-18-15(21-12-17(5)8-7-9-23-17)20-11-14-19-10-13(22-14)16(2,3)4;/h10H,6-9,11-12H2,1-5H3,(H2,18,20,21);1H. The van der Waals surface area contributed by atoms with Gasteiger partial charge in [-0.15, -0.1) is 24.0 Å². The van der Waals surface area contributed by atoms with Gasteiger partial charge in [0.25, 0.3) is 0 Å². The van der Waals surface area contributed by atoms with Gasteiger partial charge >= 0.3 is 0 Å². The van der Waals surface area contributed by atoms with Gasteiger partial charge in [-0.05, 0) is 32.4 Å². The van der Waals surface area contributed by atoms with Crippen molar-refractivity contribution in [3.63, 3.8) is 0 Å². The molecule has 1 atom stereocenters. The van der Waals surface area contributed by atoms with Crippen molar-refractivity contribution in [1.29, 1.82) is 0 Å². The number of hydrogen-bond donors (Lipinski definition) is 2. The Kier molecular flexibility index (Phi) is 8.38. The molecule has 2 heterocycles. The van der Waals surface area contributed by atoms with Crippen LogP contribution in [0.1, 0.15) is 59.1 Å². The van der Waals surface area contributed by atoms with Crippen molar-refractivity contribution < 1.29 is 4.42 Å². The topological polar surface area (TPSA) is 62.5 Å². The van der Waals surface area contributed by atoms with Crippen molar-refractivity contribution in [2.45, 2.75) is 64.2 Å². The zero-order chi connectivity index (χ0) is 16.9. The molecule has 7 heteroatoms. The molecule has 24 heavy (non-hydrogen) atoms. The normalized spacial score (nSPS) is 21.5. The number of nitrogens with one attached hydrogen (secondary N) is 2. The fourth-order valence-electron chi connectivity index (χ4n) is 2.47. The van der Waals surface area contributed by atoms with Gasteiger partial charge in [0.1, 0.15) is 12.3 Å². The summed E-state index contributed by atoms with van der Waals surface area (Å²) in [5.74, 6) is 3.65. The molecular weight excluding hydrogens is 435 g/mol. The number of oxazole rings is 1. The molecule has 2 N–H and O–H groups in total. The average molecular weight is 466 g/mol. The third-order valence-corrected chi connectivity index (χ3v) is 5.48. The van der Waals surface area contributed by atoms with E-state index in [1.54, 1.807) is 6.20 Å². The molecule has 1 aromatic rings. The lowest BCUT2D eigenvalue weighted by Gasteiger charge is -2.24. The molecule has 0 bridgehead atoms. The molecule has 1 aliphatic heterocycles. The summed E-state index contributed by atoms with van der Waals surface area (Å²) in [5, 5.41) is 6.75. The maximum absolute atomic E-state index is 5.80. The molecule has 1 aromatic heterocycles. The molecule has 0 saturated carbocycles. The maximum Gasteiger partial charge on any atom is 0.216 e. The number of halogens is 1. The van der Waals surface area contributed by atoms with Crippen molar-refractivity contribution in [3.8, 4) is 0 Å². The Morgan fingerprint density at radius 3 is 2.71 bits per heavy atom. The summed E-state index contributed by atoms with van der Waals surface area (Å²) in [7, 11) is 0. The predicted octanol–water partition coefficient (Wildman–Crippen LogP) is 3.93. The molecule has 2 rings (SSSR count). The summed E-state index contributed by atoms with van der Waals surface area (Å²) in [6.07, 6.45) is 4.38. The maximum atomic E-state index is 5.80. The van der Waals surface area contributed by atoms with E-state index in [-0.39, 0.29) is 29.4 Å². The quantitative estimate of drug-likeness (QED) is 0.391. The van der Waals surface area contributed by atoms with Crippen LogP contribution in [0.4, 0.5) is 0 Å². The van der Waals surface area contributed by atoms with Crippen LogP contribution in [-0.4, -0.2) is 34.5 Å². The molecule has 1 fully saturated rings. The summed E-state index contributed by atoms with van der Waals surface area (Å²) >= 11 is 2.05. The highest BCUT2D eigenvalue weighted by Crippen LogP contribution is 2.36. The zero-order valence-electron chi connectivity index (χ0n) is 15.4. The van der Waals surface area contributed by atoms with Gasteiger partial charge in [0.05, 0.1) is 6.20 Å². The van der Waals surface area contributed by atoms with E-state index < -0.39 is 0 Å². The minimum atomic E-state index is -0.0218. The number of rotatable bonds is 5. The van der Waals surface area contributed by atoms with E-state index in [1.807, 2.05) is 11.8 Å². The minimum Gasteiger partial charge on any atom is -0.443 e. The number of guanidine groups is 1. The van der Waals surface area contributed by atoms with Crippen molar-refractivity contribution >= 4 is 41.7 Å². The Bertz CT molecular complexity index is 533. The summed E-state index contributed by atoms with van der Waals surface area (Å²) in [6, 6.07) is 0. The second-order valence-electron chi connectivity index (χ2n) is 7.32. The van der Waals surface area contributed by atoms with Gasteiger partial charge in [-0.3, -0.25) is 0 Å². The van der Waals surface area contributed by atoms with Crippen molar-refractivity contribution in [1.82, 2.24) is 15.6 Å². The Morgan fingerprint density at radius 2 is 2.17 bits per heavy atom. The highest BCUT2D eigenvalue weighted by molar-refractivity contribution is 14.0. The summed E-state index contributed by atoms with van der Waals surface area (Å²) < 4.78 is 6.11. The van der Waals surface area contributed by atoms with Crippen LogP contribution in [0.3, 0.4) is 0 Å². The number of nitrogens with zero attached hydrogens (tertiary/aromatic N) is 2. The predicted molar refractivity (Wildman–Crippen MR) is 114 cm³/mol. The van der Waals surface area contributed by atoms with Crippen LogP contribution in [0, 0.1) is 0 Å². The Balaban J connectivity index is 0.00000288. The first kappa shape index (κ1) is 21.6. The minimum absolute atomic E-state index is 0. The van der Waals surface area contributed by atoms with Gasteiger partial charge < -0.3 is 15.1 Å². The number of hydrogen-bond acceptors (Lipinski definition) is 4. The fraction of sp³-hybridized carbons (Fsp3) is 0.765. The van der Waals surface area contributed by atoms with E-state index in [2.05, 4.69) is 55.2 Å². The van der Waals surface area contributed by atoms with Gasteiger partial charge in [-0.1, -0.05) is 20.8 Å². The molecular formula is C17H31IN4OS. The van der Waals surface area contributed by atoms with E-state index >= 15 is 0 Å². The first-order valence-electron chi connectivity index (χ1n) is 8.44. The molecule has 138 valence electrons. The van der Waals surface area contributed by atoms with Crippen LogP contribution in [-0.2, 0) is 12.0 Å². The number of thioether (sulfide) groups is 1. The molecule has 0 radical (unpaired) electrons. The molecule has 0 aliphatic carbocycles. The highest BCUT2D eigenvalue weighted by atomic mass is 127. The second-order valence-corrected chi connectivity index (χ2v) is 9.00. The van der Waals surface area contributed by atoms with E-state index in [4.69, 9.17) is 4.42 Å². The van der Waals surface area contributed by atoms with Crippen LogP contribution in [0.15, 0.2) is 15.6 Å². The molecule has 0 amide bonds. The van der Waals surface area contributed by atoms with Gasteiger partial charge in [0.2, 0.25) is 5.89 Å². The molecule has 0 spiro atoms. The smallest absolute Gasteiger partial charge is 0.216 e. The monoisotopic (exact) mass is 466 g/mol. The zero-order valence-corrected chi connectivity index (χ0v) is 18.6. The van der Waals surface area contributed by atoms with Crippen molar-refractivity contribution in [3.05, 3.63) is 17.8 Å². The SMILES string of the molecule is CCNC(=NCc1ncc(C(C)(C)C)o1)NCC1(C)CCCS1.I. The van der Waals surface area contributed by atoms with E-state index in [0.717, 1.165) is 24.8 Å². The third-order valence-electron chi connectivity index (χ3n) is 3.94. The van der Waals surface area contributed by atoms with Crippen LogP contribution in [0.5, 0.6) is 0 Å². The first-order chi connectivity index (χ1) is 10.8. The van der Waals surface area contributed by atoms with Crippen molar-refractivity contribution in [2.75, 3.05) is 18.8 Å². The lowest BCUT2D eigenvalue weighted by molar-refractivity contribution is 0.383. The van der Waals surface area contributed by atoms with Gasteiger partial charge in [-0.25, -0.2) is 9.98 Å². The van der Waals surface area contributed by atoms with E-state index in [1.165, 1.54) is 18.6 Å². The van der Waals surface area contributed by atoms with Gasteiger partial charge in [0.15, 0.2) is 5.96 Å². The summed E-state index contributed by atoms with van der Waals surface area (Å²) in [4.78, 5) is 8.93. The largest absolute Gasteiger partial charge is 0.443 e. The molecule has 1 unspecified atom stereocenters. The molecule has 1 aliphatic rings. The Morgan fingerprint density at radius 1 is 1.42 bits per heavy atom. The highest BCUT2D eigenvalue weighted by Gasteiger charge is 2.29. The second kappa shape index (κ2) is 9.31. The molecule has 5 nitrogen and oxygen atoms in total. The molecule has 1 saturated heterocycles. The molecule has 0 aromatic carbocycles. The van der Waals surface area contributed by atoms with Crippen LogP contribution >= 0.6 is 35.7 Å². The van der Waals surface area contributed by atoms with Crippen LogP contribution < -0.4 is 10.6 Å². The third kappa shape index (κ3) is 6.46. The summed E-state index contributed by atoms with van der Waals surface area (Å²) in [6.45, 7) is 13.0. The lowest BCUT2D eigenvalue weighted by Crippen LogP contribution is -2.43. The fourth-order valence-corrected chi connectivity index (χ4v) is 3.71. The lowest BCUT2D eigenvalue weighted by atomic mass is 9.94. The Labute approximate surface area is 167 Å². The van der Waals surface area contributed by atoms with E-state index in [0.29, 0.717) is 17.2 Å². The van der Waals surface area contributed by atoms with Gasteiger partial charge in [-0.2, -0.15) is 11.8 Å². The number of aromatic nitrogens is 1. The van der Waals surface area contributed by atoms with Crippen molar-refractivity contribution in [2.24, 2.45) is 4.99 Å². The average Bonchev–Trinajstić information content (AvgIpc) is 3.11.